The maximum atomic E-state index is 5.16. The normalized spacial score (nSPS) is 10.8. The molecule has 0 fully saturated rings. The van der Waals surface area contributed by atoms with Crippen molar-refractivity contribution in [2.24, 2.45) is 0 Å². The van der Waals surface area contributed by atoms with Gasteiger partial charge >= 0.3 is 0 Å². The number of fused-ring (bicyclic) bond motifs is 1. The van der Waals surface area contributed by atoms with Crippen molar-refractivity contribution in [2.45, 2.75) is 13.1 Å². The van der Waals surface area contributed by atoms with E-state index in [0.717, 1.165) is 18.8 Å². The Bertz CT molecular complexity index is 686. The Balaban J connectivity index is 1.63. The number of aromatic nitrogens is 1. The van der Waals surface area contributed by atoms with Crippen LogP contribution in [0.25, 0.3) is 10.9 Å². The van der Waals surface area contributed by atoms with Crippen LogP contribution in [0.15, 0.2) is 54.7 Å². The third-order valence-electron chi connectivity index (χ3n) is 3.49. The minimum atomic E-state index is 0.852. The van der Waals surface area contributed by atoms with Gasteiger partial charge in [0.2, 0.25) is 0 Å². The largest absolute Gasteiger partial charge is 0.497 e. The van der Waals surface area contributed by atoms with Crippen molar-refractivity contribution in [1.29, 1.82) is 0 Å². The van der Waals surface area contributed by atoms with Crippen LogP contribution in [0.4, 0.5) is 0 Å². The van der Waals surface area contributed by atoms with Gasteiger partial charge in [-0.3, -0.25) is 0 Å². The Morgan fingerprint density at radius 1 is 1.00 bits per heavy atom. The van der Waals surface area contributed by atoms with Crippen LogP contribution in [0.2, 0.25) is 0 Å². The molecule has 0 saturated heterocycles. The van der Waals surface area contributed by atoms with Gasteiger partial charge in [-0.1, -0.05) is 24.3 Å². The van der Waals surface area contributed by atoms with Gasteiger partial charge in [0.05, 0.1) is 7.11 Å². The van der Waals surface area contributed by atoms with E-state index in [2.05, 4.69) is 46.7 Å². The van der Waals surface area contributed by atoms with Gasteiger partial charge in [-0.05, 0) is 35.4 Å². The summed E-state index contributed by atoms with van der Waals surface area (Å²) >= 11 is 0. The second-order valence-corrected chi connectivity index (χ2v) is 4.81. The fraction of sp³-hybridized carbons (Fsp3) is 0.176. The van der Waals surface area contributed by atoms with Crippen LogP contribution < -0.4 is 10.1 Å². The lowest BCUT2D eigenvalue weighted by Crippen LogP contribution is -2.12. The van der Waals surface area contributed by atoms with Crippen LogP contribution in [-0.4, -0.2) is 12.1 Å². The second kappa shape index (κ2) is 5.80. The number of H-pyrrole nitrogens is 1. The summed E-state index contributed by atoms with van der Waals surface area (Å²) in [5.41, 5.74) is 3.76. The van der Waals surface area contributed by atoms with E-state index < -0.39 is 0 Å². The highest BCUT2D eigenvalue weighted by Gasteiger charge is 2.01. The molecule has 0 radical (unpaired) electrons. The monoisotopic (exact) mass is 266 g/mol. The van der Waals surface area contributed by atoms with Gasteiger partial charge in [0.15, 0.2) is 0 Å². The fourth-order valence-electron chi connectivity index (χ4n) is 2.39. The lowest BCUT2D eigenvalue weighted by atomic mass is 10.1. The molecular formula is C17H18N2O. The summed E-state index contributed by atoms with van der Waals surface area (Å²) in [7, 11) is 1.69. The van der Waals surface area contributed by atoms with E-state index in [1.807, 2.05) is 18.3 Å². The predicted octanol–water partition coefficient (Wildman–Crippen LogP) is 3.47. The van der Waals surface area contributed by atoms with Gasteiger partial charge in [-0.15, -0.1) is 0 Å². The van der Waals surface area contributed by atoms with E-state index in [1.165, 1.54) is 22.0 Å². The minimum Gasteiger partial charge on any atom is -0.497 e. The van der Waals surface area contributed by atoms with E-state index in [9.17, 15) is 0 Å². The average Bonchev–Trinajstić information content (AvgIpc) is 2.97. The van der Waals surface area contributed by atoms with Crippen LogP contribution in [0, 0.1) is 0 Å². The molecule has 0 saturated carbocycles. The maximum Gasteiger partial charge on any atom is 0.118 e. The van der Waals surface area contributed by atoms with Crippen molar-refractivity contribution in [2.75, 3.05) is 7.11 Å². The van der Waals surface area contributed by atoms with Gasteiger partial charge < -0.3 is 15.0 Å². The number of ether oxygens (including phenoxy) is 1. The summed E-state index contributed by atoms with van der Waals surface area (Å²) in [6.07, 6.45) is 1.98. The first kappa shape index (κ1) is 12.8. The highest BCUT2D eigenvalue weighted by atomic mass is 16.5. The Kier molecular flexibility index (Phi) is 3.70. The molecule has 0 bridgehead atoms. The number of nitrogens with one attached hydrogen (secondary N) is 2. The molecule has 0 aliphatic rings. The van der Waals surface area contributed by atoms with Crippen LogP contribution in [-0.2, 0) is 13.1 Å². The molecule has 2 aromatic carbocycles. The smallest absolute Gasteiger partial charge is 0.118 e. The molecule has 0 aliphatic heterocycles. The maximum absolute atomic E-state index is 5.16. The molecule has 1 heterocycles. The number of aromatic amines is 1. The van der Waals surface area contributed by atoms with Crippen LogP contribution in [0.1, 0.15) is 11.1 Å². The Labute approximate surface area is 118 Å². The van der Waals surface area contributed by atoms with Gasteiger partial charge in [0.25, 0.3) is 0 Å². The van der Waals surface area contributed by atoms with Gasteiger partial charge in [0.1, 0.15) is 5.75 Å². The molecule has 0 aliphatic carbocycles. The van der Waals surface area contributed by atoms with Crippen molar-refractivity contribution in [3.63, 3.8) is 0 Å². The zero-order valence-corrected chi connectivity index (χ0v) is 11.5. The topological polar surface area (TPSA) is 37.0 Å². The van der Waals surface area contributed by atoms with E-state index in [0.29, 0.717) is 0 Å². The van der Waals surface area contributed by atoms with Crippen molar-refractivity contribution >= 4 is 10.9 Å². The van der Waals surface area contributed by atoms with Crippen molar-refractivity contribution in [3.8, 4) is 5.75 Å². The van der Waals surface area contributed by atoms with E-state index in [4.69, 9.17) is 4.74 Å². The molecule has 3 nitrogen and oxygen atoms in total. The highest BCUT2D eigenvalue weighted by Crippen LogP contribution is 2.17. The van der Waals surface area contributed by atoms with Crippen molar-refractivity contribution < 1.29 is 4.74 Å². The summed E-state index contributed by atoms with van der Waals surface area (Å²) in [5, 5.41) is 4.77. The molecule has 2 N–H and O–H groups in total. The zero-order chi connectivity index (χ0) is 13.8. The summed E-state index contributed by atoms with van der Waals surface area (Å²) < 4.78 is 5.16. The van der Waals surface area contributed by atoms with Crippen LogP contribution >= 0.6 is 0 Å². The molecule has 0 amide bonds. The number of rotatable bonds is 5. The van der Waals surface area contributed by atoms with Crippen molar-refractivity contribution in [1.82, 2.24) is 10.3 Å². The summed E-state index contributed by atoms with van der Waals surface area (Å²) in [6.45, 7) is 1.71. The average molecular weight is 266 g/mol. The highest BCUT2D eigenvalue weighted by molar-refractivity contribution is 5.82. The number of benzene rings is 2. The predicted molar refractivity (Wildman–Crippen MR) is 81.8 cm³/mol. The number of methoxy groups -OCH3 is 1. The van der Waals surface area contributed by atoms with Gasteiger partial charge in [-0.25, -0.2) is 0 Å². The summed E-state index contributed by atoms with van der Waals surface area (Å²) in [6, 6.07) is 16.6. The Morgan fingerprint density at radius 2 is 1.85 bits per heavy atom. The first-order valence-corrected chi connectivity index (χ1v) is 6.75. The molecule has 20 heavy (non-hydrogen) atoms. The third kappa shape index (κ3) is 2.68. The van der Waals surface area contributed by atoms with Crippen LogP contribution in [0.3, 0.4) is 0 Å². The summed E-state index contributed by atoms with van der Waals surface area (Å²) in [5.74, 6) is 0.894. The molecule has 3 rings (SSSR count). The first-order valence-electron chi connectivity index (χ1n) is 6.75. The quantitative estimate of drug-likeness (QED) is 0.742. The van der Waals surface area contributed by atoms with Gasteiger partial charge in [0, 0.05) is 30.2 Å². The lowest BCUT2D eigenvalue weighted by Gasteiger charge is -2.07. The Hall–Kier alpha value is -2.26. The fourth-order valence-corrected chi connectivity index (χ4v) is 2.39. The standard InChI is InChI=1S/C17H18N2O/c1-20-15-7-5-13(6-8-15)11-18-12-14-3-2-4-17-16(14)9-10-19-17/h2-10,18-19H,11-12H2,1H3. The zero-order valence-electron chi connectivity index (χ0n) is 11.5. The van der Waals surface area contributed by atoms with Crippen molar-refractivity contribution in [3.05, 3.63) is 65.9 Å². The van der Waals surface area contributed by atoms with Gasteiger partial charge in [-0.2, -0.15) is 0 Å². The molecule has 0 atom stereocenters. The lowest BCUT2D eigenvalue weighted by molar-refractivity contribution is 0.414. The Morgan fingerprint density at radius 3 is 2.65 bits per heavy atom. The molecule has 3 heteroatoms. The molecule has 3 aromatic rings. The van der Waals surface area contributed by atoms with Crippen LogP contribution in [0.5, 0.6) is 5.75 Å². The minimum absolute atomic E-state index is 0.852. The molecule has 0 unspecified atom stereocenters. The SMILES string of the molecule is COc1ccc(CNCc2cccc3[nH]ccc23)cc1. The molecule has 102 valence electrons. The van der Waals surface area contributed by atoms with E-state index in [1.54, 1.807) is 7.11 Å². The van der Waals surface area contributed by atoms with E-state index in [-0.39, 0.29) is 0 Å². The number of hydrogen-bond donors (Lipinski definition) is 2. The molecule has 1 aromatic heterocycles. The first-order chi connectivity index (χ1) is 9.86. The molecular weight excluding hydrogens is 248 g/mol. The number of hydrogen-bond acceptors (Lipinski definition) is 2. The van der Waals surface area contributed by atoms with E-state index >= 15 is 0 Å². The second-order valence-electron chi connectivity index (χ2n) is 4.81. The summed E-state index contributed by atoms with van der Waals surface area (Å²) in [4.78, 5) is 3.24. The third-order valence-corrected chi connectivity index (χ3v) is 3.49. The molecule has 0 spiro atoms.